The molecule has 0 saturated heterocycles. The molecular weight excluding hydrogens is 442 g/mol. The summed E-state index contributed by atoms with van der Waals surface area (Å²) in [6, 6.07) is 14.3. The Morgan fingerprint density at radius 1 is 1.21 bits per heavy atom. The third kappa shape index (κ3) is 5.54. The van der Waals surface area contributed by atoms with E-state index in [4.69, 9.17) is 20.8 Å². The third-order valence-corrected chi connectivity index (χ3v) is 5.93. The zero-order valence-corrected chi connectivity index (χ0v) is 19.3. The van der Waals surface area contributed by atoms with Gasteiger partial charge in [-0.2, -0.15) is 0 Å². The molecule has 0 radical (unpaired) electrons. The van der Waals surface area contributed by atoms with E-state index >= 15 is 0 Å². The number of carbonyl (C=O) groups is 2. The molecule has 33 heavy (non-hydrogen) atoms. The van der Waals surface area contributed by atoms with Crippen molar-refractivity contribution in [1.82, 2.24) is 10.3 Å². The van der Waals surface area contributed by atoms with Gasteiger partial charge in [0.2, 0.25) is 11.8 Å². The molecule has 8 heteroatoms. The summed E-state index contributed by atoms with van der Waals surface area (Å²) < 4.78 is 11.5. The number of ether oxygens (including phenoxy) is 1. The first-order valence-electron chi connectivity index (χ1n) is 11.0. The van der Waals surface area contributed by atoms with Crippen LogP contribution in [-0.4, -0.2) is 22.9 Å². The number of aryl methyl sites for hydroxylation is 1. The Balaban J connectivity index is 1.40. The van der Waals surface area contributed by atoms with E-state index in [9.17, 15) is 9.59 Å². The topological polar surface area (TPSA) is 93.5 Å². The molecule has 1 saturated carbocycles. The Morgan fingerprint density at radius 2 is 2.00 bits per heavy atom. The number of nitrogens with zero attached hydrogens (tertiary/aromatic N) is 1. The van der Waals surface area contributed by atoms with Crippen LogP contribution in [0.1, 0.15) is 37.6 Å². The lowest BCUT2D eigenvalue weighted by Crippen LogP contribution is -2.36. The summed E-state index contributed by atoms with van der Waals surface area (Å²) in [4.78, 5) is 29.5. The predicted octanol–water partition coefficient (Wildman–Crippen LogP) is 5.13. The highest BCUT2D eigenvalue weighted by molar-refractivity contribution is 6.30. The minimum absolute atomic E-state index is 0.0261. The summed E-state index contributed by atoms with van der Waals surface area (Å²) in [7, 11) is 0. The van der Waals surface area contributed by atoms with Crippen molar-refractivity contribution >= 4 is 29.1 Å². The Labute approximate surface area is 197 Å². The van der Waals surface area contributed by atoms with Gasteiger partial charge in [-0.15, -0.1) is 0 Å². The fourth-order valence-electron chi connectivity index (χ4n) is 3.50. The second-order valence-electron chi connectivity index (χ2n) is 8.12. The quantitative estimate of drug-likeness (QED) is 0.479. The lowest BCUT2D eigenvalue weighted by atomic mass is 9.85. The lowest BCUT2D eigenvalue weighted by Gasteiger charge is -2.24. The summed E-state index contributed by atoms with van der Waals surface area (Å²) in [5.41, 5.74) is 1.96. The molecule has 1 aliphatic carbocycles. The molecule has 1 heterocycles. The van der Waals surface area contributed by atoms with Gasteiger partial charge in [-0.25, -0.2) is 4.98 Å². The average molecular weight is 468 g/mol. The molecule has 4 rings (SSSR count). The van der Waals surface area contributed by atoms with Crippen molar-refractivity contribution in [1.29, 1.82) is 0 Å². The first-order valence-corrected chi connectivity index (χ1v) is 11.3. The molecular formula is C25H26ClN3O4. The molecule has 0 unspecified atom stereocenters. The van der Waals surface area contributed by atoms with Crippen LogP contribution in [-0.2, 0) is 16.1 Å². The smallest absolute Gasteiger partial charge is 0.261 e. The number of rotatable bonds is 8. The van der Waals surface area contributed by atoms with E-state index in [-0.39, 0.29) is 24.3 Å². The fourth-order valence-corrected chi connectivity index (χ4v) is 3.68. The highest BCUT2D eigenvalue weighted by Crippen LogP contribution is 2.32. The molecule has 1 fully saturated rings. The standard InChI is InChI=1S/C25H26ClN3O4/c1-15-22(14-27-23(30)16(2)32-19-10-6-9-18(26)13-19)29-25(33-15)20-11-3-4-12-21(20)28-24(31)17-7-5-8-17/h3-4,6,9-13,16-17H,5,7-8,14H2,1-2H3,(H,27,30)(H,28,31)/t16-/m1/s1. The number of hydrogen-bond donors (Lipinski definition) is 2. The van der Waals surface area contributed by atoms with Gasteiger partial charge in [0.25, 0.3) is 5.91 Å². The zero-order valence-electron chi connectivity index (χ0n) is 18.6. The molecule has 7 nitrogen and oxygen atoms in total. The van der Waals surface area contributed by atoms with Crippen LogP contribution in [0.15, 0.2) is 52.9 Å². The molecule has 0 spiro atoms. The number of carbonyl (C=O) groups excluding carboxylic acids is 2. The van der Waals surface area contributed by atoms with Crippen LogP contribution in [0.2, 0.25) is 5.02 Å². The highest BCUT2D eigenvalue weighted by atomic mass is 35.5. The van der Waals surface area contributed by atoms with Gasteiger partial charge >= 0.3 is 0 Å². The second-order valence-corrected chi connectivity index (χ2v) is 8.56. The summed E-state index contributed by atoms with van der Waals surface area (Å²) in [5, 5.41) is 6.36. The van der Waals surface area contributed by atoms with Gasteiger partial charge in [0.15, 0.2) is 6.10 Å². The Bertz CT molecular complexity index is 1160. The van der Waals surface area contributed by atoms with Crippen molar-refractivity contribution in [3.05, 3.63) is 65.0 Å². The van der Waals surface area contributed by atoms with E-state index in [1.807, 2.05) is 24.3 Å². The molecule has 0 bridgehead atoms. The maximum atomic E-state index is 12.5. The van der Waals surface area contributed by atoms with Gasteiger partial charge in [0.05, 0.1) is 17.8 Å². The van der Waals surface area contributed by atoms with Crippen LogP contribution in [0.25, 0.3) is 11.5 Å². The number of oxazole rings is 1. The van der Waals surface area contributed by atoms with E-state index in [1.54, 1.807) is 38.1 Å². The van der Waals surface area contributed by atoms with Crippen molar-refractivity contribution in [2.45, 2.75) is 45.8 Å². The van der Waals surface area contributed by atoms with Gasteiger partial charge in [-0.3, -0.25) is 9.59 Å². The molecule has 0 aliphatic heterocycles. The molecule has 2 amide bonds. The Morgan fingerprint density at radius 3 is 2.73 bits per heavy atom. The molecule has 1 aliphatic rings. The maximum Gasteiger partial charge on any atom is 0.261 e. The van der Waals surface area contributed by atoms with E-state index in [1.165, 1.54) is 0 Å². The number of hydrogen-bond acceptors (Lipinski definition) is 5. The highest BCUT2D eigenvalue weighted by Gasteiger charge is 2.26. The molecule has 172 valence electrons. The monoisotopic (exact) mass is 467 g/mol. The molecule has 2 aromatic carbocycles. The van der Waals surface area contributed by atoms with Crippen LogP contribution in [0.5, 0.6) is 5.75 Å². The van der Waals surface area contributed by atoms with Crippen molar-refractivity contribution in [3.63, 3.8) is 0 Å². The number of nitrogens with one attached hydrogen (secondary N) is 2. The molecule has 1 atom stereocenters. The first kappa shape index (κ1) is 22.9. The number of benzene rings is 2. The van der Waals surface area contributed by atoms with Gasteiger partial charge in [-0.05, 0) is 57.0 Å². The number of aromatic nitrogens is 1. The van der Waals surface area contributed by atoms with E-state index in [0.29, 0.717) is 39.4 Å². The number of amides is 2. The van der Waals surface area contributed by atoms with Gasteiger partial charge < -0.3 is 19.8 Å². The van der Waals surface area contributed by atoms with Crippen molar-refractivity contribution in [2.24, 2.45) is 5.92 Å². The van der Waals surface area contributed by atoms with Crippen LogP contribution in [0.4, 0.5) is 5.69 Å². The number of anilines is 1. The summed E-state index contributed by atoms with van der Waals surface area (Å²) in [6.45, 7) is 3.64. The SMILES string of the molecule is Cc1oc(-c2ccccc2NC(=O)C2CCC2)nc1CNC(=O)[C@@H](C)Oc1cccc(Cl)c1. The van der Waals surface area contributed by atoms with Gasteiger partial charge in [-0.1, -0.05) is 36.2 Å². The average Bonchev–Trinajstić information content (AvgIpc) is 3.11. The predicted molar refractivity (Wildman–Crippen MR) is 126 cm³/mol. The van der Waals surface area contributed by atoms with Gasteiger partial charge in [0.1, 0.15) is 17.2 Å². The third-order valence-electron chi connectivity index (χ3n) is 5.69. The second kappa shape index (κ2) is 10.1. The zero-order chi connectivity index (χ0) is 23.4. The van der Waals surface area contributed by atoms with Crippen LogP contribution < -0.4 is 15.4 Å². The summed E-state index contributed by atoms with van der Waals surface area (Å²) >= 11 is 5.96. The molecule has 1 aromatic heterocycles. The van der Waals surface area contributed by atoms with E-state index in [0.717, 1.165) is 19.3 Å². The Hall–Kier alpha value is -3.32. The minimum atomic E-state index is -0.711. The van der Waals surface area contributed by atoms with E-state index in [2.05, 4.69) is 15.6 Å². The van der Waals surface area contributed by atoms with Gasteiger partial charge in [0, 0.05) is 10.9 Å². The molecule has 2 N–H and O–H groups in total. The summed E-state index contributed by atoms with van der Waals surface area (Å²) in [6.07, 6.45) is 2.24. The van der Waals surface area contributed by atoms with Crippen LogP contribution in [0, 0.1) is 12.8 Å². The minimum Gasteiger partial charge on any atom is -0.481 e. The van der Waals surface area contributed by atoms with E-state index < -0.39 is 6.10 Å². The fraction of sp³-hybridized carbons (Fsp3) is 0.320. The number of halogens is 1. The van der Waals surface area contributed by atoms with Crippen molar-refractivity contribution < 1.29 is 18.7 Å². The lowest BCUT2D eigenvalue weighted by molar-refractivity contribution is -0.127. The maximum absolute atomic E-state index is 12.5. The first-order chi connectivity index (χ1) is 15.9. The summed E-state index contributed by atoms with van der Waals surface area (Å²) in [5.74, 6) is 1.32. The largest absolute Gasteiger partial charge is 0.481 e. The number of para-hydroxylation sites is 1. The van der Waals surface area contributed by atoms with Crippen molar-refractivity contribution in [3.8, 4) is 17.2 Å². The Kier molecular flexibility index (Phi) is 6.99. The van der Waals surface area contributed by atoms with Crippen molar-refractivity contribution in [2.75, 3.05) is 5.32 Å². The molecule has 3 aromatic rings. The van der Waals surface area contributed by atoms with Crippen LogP contribution in [0.3, 0.4) is 0 Å². The normalized spacial score (nSPS) is 14.3. The van der Waals surface area contributed by atoms with Crippen LogP contribution >= 0.6 is 11.6 Å².